The van der Waals surface area contributed by atoms with Gasteiger partial charge >= 0.3 is 5.97 Å². The molecule has 0 saturated heterocycles. The van der Waals surface area contributed by atoms with Gasteiger partial charge in [0.2, 0.25) is 0 Å². The van der Waals surface area contributed by atoms with Crippen LogP contribution in [0.3, 0.4) is 0 Å². The van der Waals surface area contributed by atoms with Crippen molar-refractivity contribution >= 4 is 17.6 Å². The van der Waals surface area contributed by atoms with E-state index in [2.05, 4.69) is 4.98 Å². The molecule has 1 aromatic heterocycles. The van der Waals surface area contributed by atoms with Gasteiger partial charge in [-0.2, -0.15) is 0 Å². The van der Waals surface area contributed by atoms with Gasteiger partial charge < -0.3 is 5.11 Å². The molecule has 7 heteroatoms. The Morgan fingerprint density at radius 1 is 1.57 bits per heavy atom. The van der Waals surface area contributed by atoms with Crippen LogP contribution in [0.1, 0.15) is 22.3 Å². The maximum Gasteiger partial charge on any atom is 0.341 e. The van der Waals surface area contributed by atoms with Crippen LogP contribution in [0.5, 0.6) is 0 Å². The molecule has 14 heavy (non-hydrogen) atoms. The van der Waals surface area contributed by atoms with Crippen LogP contribution in [0.15, 0.2) is 6.20 Å². The summed E-state index contributed by atoms with van der Waals surface area (Å²) in [6.45, 7) is 0. The zero-order chi connectivity index (χ0) is 10.9. The molecule has 0 unspecified atom stereocenters. The highest BCUT2D eigenvalue weighted by Gasteiger charge is 2.23. The normalized spacial score (nSPS) is 10.6. The molecule has 1 aromatic rings. The Labute approximate surface area is 81.1 Å². The van der Waals surface area contributed by atoms with E-state index < -0.39 is 34.5 Å². The molecular formula is C7H3ClF3NO2. The van der Waals surface area contributed by atoms with Crippen LogP contribution in [-0.2, 0) is 0 Å². The first kappa shape index (κ1) is 10.8. The van der Waals surface area contributed by atoms with E-state index >= 15 is 0 Å². The van der Waals surface area contributed by atoms with Crippen LogP contribution < -0.4 is 0 Å². The first-order chi connectivity index (χ1) is 6.45. The van der Waals surface area contributed by atoms with Crippen molar-refractivity contribution in [3.05, 3.63) is 28.3 Å². The maximum atomic E-state index is 13.0. The largest absolute Gasteiger partial charge is 0.477 e. The Morgan fingerprint density at radius 2 is 2.14 bits per heavy atom. The third kappa shape index (κ3) is 1.79. The van der Waals surface area contributed by atoms with E-state index in [9.17, 15) is 18.0 Å². The van der Waals surface area contributed by atoms with Gasteiger partial charge in [-0.15, -0.1) is 0 Å². The molecule has 0 fully saturated rings. The minimum Gasteiger partial charge on any atom is -0.477 e. The fourth-order valence-corrected chi connectivity index (χ4v) is 1.03. The molecule has 1 heterocycles. The van der Waals surface area contributed by atoms with Crippen molar-refractivity contribution in [3.8, 4) is 0 Å². The van der Waals surface area contributed by atoms with Crippen molar-refractivity contribution in [3.63, 3.8) is 0 Å². The Balaban J connectivity index is 3.41. The Hall–Kier alpha value is -1.30. The van der Waals surface area contributed by atoms with E-state index in [1.54, 1.807) is 0 Å². The van der Waals surface area contributed by atoms with Crippen molar-refractivity contribution in [2.45, 2.75) is 6.43 Å². The van der Waals surface area contributed by atoms with Crippen LogP contribution in [-0.4, -0.2) is 16.1 Å². The molecule has 0 atom stereocenters. The lowest BCUT2D eigenvalue weighted by Gasteiger charge is -2.04. The lowest BCUT2D eigenvalue weighted by atomic mass is 10.2. The molecular weight excluding hydrogens is 223 g/mol. The van der Waals surface area contributed by atoms with E-state index in [0.29, 0.717) is 6.20 Å². The van der Waals surface area contributed by atoms with Gasteiger partial charge in [0.15, 0.2) is 5.82 Å². The van der Waals surface area contributed by atoms with E-state index in [1.807, 2.05) is 0 Å². The molecule has 1 rings (SSSR count). The number of carboxylic acids is 1. The summed E-state index contributed by atoms with van der Waals surface area (Å²) in [7, 11) is 0. The number of hydrogen-bond acceptors (Lipinski definition) is 2. The number of aromatic nitrogens is 1. The highest BCUT2D eigenvalue weighted by Crippen LogP contribution is 2.26. The summed E-state index contributed by atoms with van der Waals surface area (Å²) in [6, 6.07) is 0. The van der Waals surface area contributed by atoms with Crippen LogP contribution in [0.2, 0.25) is 5.15 Å². The fourth-order valence-electron chi connectivity index (χ4n) is 0.817. The Kier molecular flexibility index (Phi) is 2.95. The summed E-state index contributed by atoms with van der Waals surface area (Å²) in [5.41, 5.74) is -2.11. The van der Waals surface area contributed by atoms with Crippen molar-refractivity contribution in [1.82, 2.24) is 4.98 Å². The highest BCUT2D eigenvalue weighted by molar-refractivity contribution is 6.32. The zero-order valence-electron chi connectivity index (χ0n) is 6.47. The summed E-state index contributed by atoms with van der Waals surface area (Å²) in [5, 5.41) is 7.79. The molecule has 0 aliphatic heterocycles. The molecule has 76 valence electrons. The summed E-state index contributed by atoms with van der Waals surface area (Å²) >= 11 is 5.22. The molecule has 0 aromatic carbocycles. The number of carboxylic acid groups (broad SMARTS) is 1. The number of hydrogen-bond donors (Lipinski definition) is 1. The lowest BCUT2D eigenvalue weighted by molar-refractivity contribution is 0.0690. The Bertz CT molecular complexity index is 383. The van der Waals surface area contributed by atoms with Gasteiger partial charge in [0.1, 0.15) is 10.7 Å². The van der Waals surface area contributed by atoms with Gasteiger partial charge in [-0.05, 0) is 0 Å². The minimum absolute atomic E-state index is 0.509. The molecule has 0 radical (unpaired) electrons. The van der Waals surface area contributed by atoms with Crippen molar-refractivity contribution in [1.29, 1.82) is 0 Å². The van der Waals surface area contributed by atoms with E-state index in [4.69, 9.17) is 16.7 Å². The number of aromatic carboxylic acids is 1. The number of halogens is 4. The van der Waals surface area contributed by atoms with Gasteiger partial charge in [-0.3, -0.25) is 0 Å². The fraction of sp³-hybridized carbons (Fsp3) is 0.143. The van der Waals surface area contributed by atoms with Gasteiger partial charge in [0.05, 0.1) is 5.56 Å². The van der Waals surface area contributed by atoms with Gasteiger partial charge in [0.25, 0.3) is 6.43 Å². The molecule has 0 aliphatic rings. The van der Waals surface area contributed by atoms with Crippen LogP contribution in [0, 0.1) is 5.82 Å². The maximum absolute atomic E-state index is 13.0. The molecule has 0 amide bonds. The number of pyridine rings is 1. The summed E-state index contributed by atoms with van der Waals surface area (Å²) < 4.78 is 37.2. The average molecular weight is 226 g/mol. The molecule has 0 spiro atoms. The second-order valence-electron chi connectivity index (χ2n) is 2.30. The SMILES string of the molecule is O=C(O)c1c(Cl)ncc(C(F)F)c1F. The summed E-state index contributed by atoms with van der Waals surface area (Å²) in [5.74, 6) is -3.28. The molecule has 3 nitrogen and oxygen atoms in total. The van der Waals surface area contributed by atoms with E-state index in [0.717, 1.165) is 0 Å². The second-order valence-corrected chi connectivity index (χ2v) is 2.66. The average Bonchev–Trinajstić information content (AvgIpc) is 2.02. The monoisotopic (exact) mass is 225 g/mol. The van der Waals surface area contributed by atoms with Gasteiger partial charge in [-0.1, -0.05) is 11.6 Å². The molecule has 0 bridgehead atoms. The number of carbonyl (C=O) groups is 1. The first-order valence-corrected chi connectivity index (χ1v) is 3.68. The highest BCUT2D eigenvalue weighted by atomic mass is 35.5. The van der Waals surface area contributed by atoms with E-state index in [1.165, 1.54) is 0 Å². The second kappa shape index (κ2) is 3.83. The Morgan fingerprint density at radius 3 is 2.57 bits per heavy atom. The van der Waals surface area contributed by atoms with Crippen LogP contribution >= 0.6 is 11.6 Å². The third-order valence-corrected chi connectivity index (χ3v) is 1.73. The third-order valence-electron chi connectivity index (χ3n) is 1.45. The smallest absolute Gasteiger partial charge is 0.341 e. The van der Waals surface area contributed by atoms with Gasteiger partial charge in [-0.25, -0.2) is 22.9 Å². The quantitative estimate of drug-likeness (QED) is 0.787. The van der Waals surface area contributed by atoms with Crippen molar-refractivity contribution in [2.75, 3.05) is 0 Å². The topological polar surface area (TPSA) is 50.2 Å². The summed E-state index contributed by atoms with van der Waals surface area (Å²) in [6.07, 6.45) is -2.62. The van der Waals surface area contributed by atoms with E-state index in [-0.39, 0.29) is 0 Å². The predicted molar refractivity (Wildman–Crippen MR) is 41.1 cm³/mol. The minimum atomic E-state index is -3.13. The zero-order valence-corrected chi connectivity index (χ0v) is 7.23. The van der Waals surface area contributed by atoms with Gasteiger partial charge in [0, 0.05) is 6.20 Å². The number of nitrogens with zero attached hydrogens (tertiary/aromatic N) is 1. The number of rotatable bonds is 2. The molecule has 1 N–H and O–H groups in total. The van der Waals surface area contributed by atoms with Crippen molar-refractivity contribution in [2.24, 2.45) is 0 Å². The predicted octanol–water partition coefficient (Wildman–Crippen LogP) is 2.51. The first-order valence-electron chi connectivity index (χ1n) is 3.30. The standard InChI is InChI=1S/C7H3ClF3NO2/c8-5-3(7(13)14)4(9)2(1-12-5)6(10)11/h1,6H,(H,13,14). The van der Waals surface area contributed by atoms with Crippen molar-refractivity contribution < 1.29 is 23.1 Å². The number of alkyl halides is 2. The molecule has 0 aliphatic carbocycles. The summed E-state index contributed by atoms with van der Waals surface area (Å²) in [4.78, 5) is 13.6. The van der Waals surface area contributed by atoms with Crippen LogP contribution in [0.25, 0.3) is 0 Å². The van der Waals surface area contributed by atoms with Crippen LogP contribution in [0.4, 0.5) is 13.2 Å². The lowest BCUT2D eigenvalue weighted by Crippen LogP contribution is -2.07. The molecule has 0 saturated carbocycles.